The molecule has 0 saturated heterocycles. The van der Waals surface area contributed by atoms with Crippen LogP contribution in [0.25, 0.3) is 0 Å². The van der Waals surface area contributed by atoms with Crippen molar-refractivity contribution in [3.8, 4) is 0 Å². The molecule has 3 rings (SSSR count). The van der Waals surface area contributed by atoms with E-state index in [1.807, 2.05) is 0 Å². The predicted octanol–water partition coefficient (Wildman–Crippen LogP) is 4.16. The number of hydrogen-bond donors (Lipinski definition) is 1. The number of thiophene rings is 1. The molecule has 0 saturated carbocycles. The lowest BCUT2D eigenvalue weighted by molar-refractivity contribution is 0.413. The minimum atomic E-state index is -0.284. The molecule has 0 fully saturated rings. The van der Waals surface area contributed by atoms with Gasteiger partial charge in [-0.1, -0.05) is 31.2 Å². The first-order chi connectivity index (χ1) is 8.61. The second-order valence-electron chi connectivity index (χ2n) is 5.44. The molecule has 94 valence electrons. The van der Waals surface area contributed by atoms with Crippen molar-refractivity contribution in [3.05, 3.63) is 57.3 Å². The van der Waals surface area contributed by atoms with Gasteiger partial charge in [0.25, 0.3) is 0 Å². The van der Waals surface area contributed by atoms with Gasteiger partial charge in [-0.15, -0.1) is 11.3 Å². The Morgan fingerprint density at radius 2 is 2.11 bits per heavy atom. The number of fused-ring (bicyclic) bond motifs is 1. The maximum Gasteiger partial charge on any atom is 0.0676 e. The van der Waals surface area contributed by atoms with Crippen molar-refractivity contribution < 1.29 is 0 Å². The van der Waals surface area contributed by atoms with E-state index in [2.05, 4.69) is 49.6 Å². The largest absolute Gasteiger partial charge is 0.318 e. The number of benzene rings is 1. The zero-order valence-electron chi connectivity index (χ0n) is 10.9. The number of nitrogens with two attached hydrogens (primary N) is 1. The Morgan fingerprint density at radius 1 is 1.33 bits per heavy atom. The second kappa shape index (κ2) is 4.22. The van der Waals surface area contributed by atoms with Crippen LogP contribution in [0, 0.1) is 6.92 Å². The topological polar surface area (TPSA) is 26.0 Å². The summed E-state index contributed by atoms with van der Waals surface area (Å²) < 4.78 is 0. The Kier molecular flexibility index (Phi) is 2.80. The highest BCUT2D eigenvalue weighted by Gasteiger charge is 2.36. The van der Waals surface area contributed by atoms with Crippen LogP contribution in [0.15, 0.2) is 35.7 Å². The van der Waals surface area contributed by atoms with Crippen LogP contribution >= 0.6 is 11.3 Å². The summed E-state index contributed by atoms with van der Waals surface area (Å²) in [7, 11) is 0. The molecule has 1 aromatic carbocycles. The van der Waals surface area contributed by atoms with Crippen molar-refractivity contribution in [1.82, 2.24) is 0 Å². The summed E-state index contributed by atoms with van der Waals surface area (Å²) in [6, 6.07) is 10.9. The van der Waals surface area contributed by atoms with Crippen LogP contribution in [0.4, 0.5) is 0 Å². The van der Waals surface area contributed by atoms with Gasteiger partial charge in [0.05, 0.1) is 5.54 Å². The minimum absolute atomic E-state index is 0.284. The first-order valence-corrected chi connectivity index (χ1v) is 7.43. The molecule has 2 aromatic rings. The van der Waals surface area contributed by atoms with Crippen molar-refractivity contribution in [2.75, 3.05) is 0 Å². The maximum absolute atomic E-state index is 6.77. The molecule has 0 bridgehead atoms. The summed E-state index contributed by atoms with van der Waals surface area (Å²) in [5.74, 6) is 0.623. The highest BCUT2D eigenvalue weighted by atomic mass is 32.1. The molecule has 1 aromatic heterocycles. The Morgan fingerprint density at radius 3 is 2.83 bits per heavy atom. The van der Waals surface area contributed by atoms with Gasteiger partial charge in [-0.05, 0) is 53.8 Å². The van der Waals surface area contributed by atoms with Crippen molar-refractivity contribution in [2.24, 2.45) is 5.73 Å². The molecule has 1 nitrogen and oxygen atoms in total. The fourth-order valence-electron chi connectivity index (χ4n) is 3.04. The number of aryl methyl sites for hydroxylation is 1. The van der Waals surface area contributed by atoms with E-state index in [1.54, 1.807) is 11.3 Å². The molecule has 0 aliphatic heterocycles. The molecule has 1 aliphatic rings. The van der Waals surface area contributed by atoms with Crippen LogP contribution in [0.3, 0.4) is 0 Å². The molecule has 2 heteroatoms. The lowest BCUT2D eigenvalue weighted by atomic mass is 9.70. The number of rotatable bonds is 1. The summed E-state index contributed by atoms with van der Waals surface area (Å²) in [5, 5.41) is 2.22. The molecule has 1 aliphatic carbocycles. The molecule has 2 unspecified atom stereocenters. The van der Waals surface area contributed by atoms with Gasteiger partial charge in [-0.2, -0.15) is 0 Å². The highest BCUT2D eigenvalue weighted by Crippen LogP contribution is 2.44. The molecule has 0 amide bonds. The van der Waals surface area contributed by atoms with E-state index in [0.29, 0.717) is 5.92 Å². The monoisotopic (exact) mass is 257 g/mol. The van der Waals surface area contributed by atoms with Crippen molar-refractivity contribution in [3.63, 3.8) is 0 Å². The zero-order chi connectivity index (χ0) is 12.8. The summed E-state index contributed by atoms with van der Waals surface area (Å²) in [6.07, 6.45) is 2.21. The fraction of sp³-hybridized carbons (Fsp3) is 0.375. The Balaban J connectivity index is 2.17. The van der Waals surface area contributed by atoms with E-state index in [9.17, 15) is 0 Å². The van der Waals surface area contributed by atoms with Gasteiger partial charge >= 0.3 is 0 Å². The van der Waals surface area contributed by atoms with Crippen LogP contribution in [0.1, 0.15) is 47.3 Å². The van der Waals surface area contributed by atoms with E-state index in [4.69, 9.17) is 5.73 Å². The van der Waals surface area contributed by atoms with E-state index < -0.39 is 0 Å². The van der Waals surface area contributed by atoms with Gasteiger partial charge in [-0.25, -0.2) is 0 Å². The Labute approximate surface area is 113 Å². The van der Waals surface area contributed by atoms with Crippen LogP contribution in [0.2, 0.25) is 0 Å². The molecule has 0 radical (unpaired) electrons. The summed E-state index contributed by atoms with van der Waals surface area (Å²) in [5.41, 5.74) is 10.5. The molecule has 2 N–H and O–H groups in total. The van der Waals surface area contributed by atoms with Crippen molar-refractivity contribution in [2.45, 2.75) is 38.1 Å². The first kappa shape index (κ1) is 11.9. The second-order valence-corrected chi connectivity index (χ2v) is 6.56. The standard InChI is InChI=1S/C16H19NS/c1-11-7-8-16(17,13-9-12(2)18-10-13)15-6-4-3-5-14(11)15/h3-6,9-11H,7-8,17H2,1-2H3. The normalized spacial score (nSPS) is 26.9. The fourth-order valence-corrected chi connectivity index (χ4v) is 3.83. The summed E-state index contributed by atoms with van der Waals surface area (Å²) >= 11 is 1.79. The van der Waals surface area contributed by atoms with Crippen molar-refractivity contribution in [1.29, 1.82) is 0 Å². The van der Waals surface area contributed by atoms with Gasteiger partial charge < -0.3 is 5.73 Å². The van der Waals surface area contributed by atoms with Gasteiger partial charge in [-0.3, -0.25) is 0 Å². The van der Waals surface area contributed by atoms with Gasteiger partial charge in [0.2, 0.25) is 0 Å². The van der Waals surface area contributed by atoms with Crippen LogP contribution in [0.5, 0.6) is 0 Å². The van der Waals surface area contributed by atoms with Gasteiger partial charge in [0.1, 0.15) is 0 Å². The third-order valence-electron chi connectivity index (χ3n) is 4.19. The van der Waals surface area contributed by atoms with Crippen LogP contribution in [-0.2, 0) is 5.54 Å². The third-order valence-corrected chi connectivity index (χ3v) is 5.05. The lowest BCUT2D eigenvalue weighted by Crippen LogP contribution is -2.41. The van der Waals surface area contributed by atoms with Crippen LogP contribution in [-0.4, -0.2) is 0 Å². The SMILES string of the molecule is Cc1cc(C2(N)CCC(C)c3ccccc32)cs1. The first-order valence-electron chi connectivity index (χ1n) is 6.55. The molecule has 0 spiro atoms. The maximum atomic E-state index is 6.77. The Bertz CT molecular complexity index is 572. The third kappa shape index (κ3) is 1.72. The number of hydrogen-bond acceptors (Lipinski definition) is 2. The summed E-state index contributed by atoms with van der Waals surface area (Å²) in [6.45, 7) is 4.45. The molecule has 18 heavy (non-hydrogen) atoms. The zero-order valence-corrected chi connectivity index (χ0v) is 11.8. The molecule has 2 atom stereocenters. The van der Waals surface area contributed by atoms with Crippen LogP contribution < -0.4 is 5.73 Å². The van der Waals surface area contributed by atoms with Gasteiger partial charge in [0.15, 0.2) is 0 Å². The average Bonchev–Trinajstić information content (AvgIpc) is 2.82. The highest BCUT2D eigenvalue weighted by molar-refractivity contribution is 7.10. The van der Waals surface area contributed by atoms with E-state index in [1.165, 1.54) is 28.0 Å². The van der Waals surface area contributed by atoms with Crippen molar-refractivity contribution >= 4 is 11.3 Å². The van der Waals surface area contributed by atoms with E-state index in [-0.39, 0.29) is 5.54 Å². The molecule has 1 heterocycles. The average molecular weight is 257 g/mol. The molecular formula is C16H19NS. The lowest BCUT2D eigenvalue weighted by Gasteiger charge is -2.38. The Hall–Kier alpha value is -1.12. The quantitative estimate of drug-likeness (QED) is 0.815. The predicted molar refractivity (Wildman–Crippen MR) is 78.1 cm³/mol. The minimum Gasteiger partial charge on any atom is -0.318 e. The van der Waals surface area contributed by atoms with E-state index >= 15 is 0 Å². The summed E-state index contributed by atoms with van der Waals surface area (Å²) in [4.78, 5) is 1.34. The smallest absolute Gasteiger partial charge is 0.0676 e. The van der Waals surface area contributed by atoms with Gasteiger partial charge in [0, 0.05) is 4.88 Å². The van der Waals surface area contributed by atoms with E-state index in [0.717, 1.165) is 6.42 Å². The molecular weight excluding hydrogens is 238 g/mol.